The molecule has 2 heterocycles. The Bertz CT molecular complexity index is 590. The molecule has 0 aliphatic rings. The van der Waals surface area contributed by atoms with Crippen LogP contribution < -0.4 is 0 Å². The van der Waals surface area contributed by atoms with Crippen LogP contribution in [0.15, 0.2) is 24.3 Å². The van der Waals surface area contributed by atoms with Gasteiger partial charge in [-0.1, -0.05) is 6.92 Å². The number of ether oxygens (including phenoxy) is 1. The van der Waals surface area contributed by atoms with Crippen molar-refractivity contribution < 1.29 is 9.53 Å². The molecule has 2 rings (SSSR count). The van der Waals surface area contributed by atoms with Crippen molar-refractivity contribution in [1.29, 1.82) is 0 Å². The minimum absolute atomic E-state index is 0.291. The summed E-state index contributed by atoms with van der Waals surface area (Å²) in [4.78, 5) is 18.8. The van der Waals surface area contributed by atoms with Crippen LogP contribution in [-0.4, -0.2) is 17.6 Å². The van der Waals surface area contributed by atoms with Crippen LogP contribution in [0.4, 0.5) is 0 Å². The van der Waals surface area contributed by atoms with Crippen LogP contribution in [0.25, 0.3) is 10.6 Å². The van der Waals surface area contributed by atoms with Crippen LogP contribution in [0.2, 0.25) is 0 Å². The molecule has 3 nitrogen and oxygen atoms in total. The Morgan fingerprint density at radius 3 is 2.63 bits per heavy atom. The van der Waals surface area contributed by atoms with Gasteiger partial charge in [-0.15, -0.1) is 11.3 Å². The quantitative estimate of drug-likeness (QED) is 0.795. The molecule has 0 fully saturated rings. The van der Waals surface area contributed by atoms with Crippen molar-refractivity contribution >= 4 is 17.3 Å². The zero-order chi connectivity index (χ0) is 13.8. The maximum Gasteiger partial charge on any atom is 0.339 e. The lowest BCUT2D eigenvalue weighted by atomic mass is 10.1. The minimum Gasteiger partial charge on any atom is -0.462 e. The summed E-state index contributed by atoms with van der Waals surface area (Å²) in [6.07, 6.45) is 0.715. The number of esters is 1. The fraction of sp³-hybridized carbons (Fsp3) is 0.333. The number of pyridine rings is 1. The van der Waals surface area contributed by atoms with Gasteiger partial charge in [0.25, 0.3) is 0 Å². The third-order valence-electron chi connectivity index (χ3n) is 2.80. The highest BCUT2D eigenvalue weighted by Gasteiger charge is 2.14. The Morgan fingerprint density at radius 1 is 1.26 bits per heavy atom. The molecular weight excluding hydrogens is 258 g/mol. The second-order valence-electron chi connectivity index (χ2n) is 4.18. The molecule has 0 N–H and O–H groups in total. The maximum absolute atomic E-state index is 11.8. The van der Waals surface area contributed by atoms with E-state index in [-0.39, 0.29) is 5.97 Å². The minimum atomic E-state index is -0.291. The van der Waals surface area contributed by atoms with E-state index in [1.807, 2.05) is 19.1 Å². The van der Waals surface area contributed by atoms with Gasteiger partial charge in [-0.05, 0) is 44.5 Å². The highest BCUT2D eigenvalue weighted by molar-refractivity contribution is 7.15. The van der Waals surface area contributed by atoms with Crippen LogP contribution in [0.3, 0.4) is 0 Å². The van der Waals surface area contributed by atoms with E-state index in [4.69, 9.17) is 4.74 Å². The summed E-state index contributed by atoms with van der Waals surface area (Å²) in [5.74, 6) is -0.291. The van der Waals surface area contributed by atoms with Crippen molar-refractivity contribution in [3.05, 3.63) is 40.4 Å². The lowest BCUT2D eigenvalue weighted by Crippen LogP contribution is -2.09. The molecule has 100 valence electrons. The Hall–Kier alpha value is -1.68. The van der Waals surface area contributed by atoms with Gasteiger partial charge in [0.1, 0.15) is 0 Å². The Morgan fingerprint density at radius 2 is 2.05 bits per heavy atom. The first-order valence-corrected chi connectivity index (χ1v) is 7.21. The molecule has 19 heavy (non-hydrogen) atoms. The smallest absolute Gasteiger partial charge is 0.339 e. The maximum atomic E-state index is 11.8. The summed E-state index contributed by atoms with van der Waals surface area (Å²) < 4.78 is 5.04. The van der Waals surface area contributed by atoms with Crippen LogP contribution >= 0.6 is 11.3 Å². The Labute approximate surface area is 117 Å². The zero-order valence-electron chi connectivity index (χ0n) is 11.4. The van der Waals surface area contributed by atoms with Crippen LogP contribution in [0.5, 0.6) is 0 Å². The van der Waals surface area contributed by atoms with Crippen LogP contribution in [0, 0.1) is 6.92 Å². The standard InChI is InChI=1S/C15H17NO2S/c1-4-12-11(15(17)18-5-2)7-8-13(16-12)14-9-6-10(3)19-14/h6-9H,4-5H2,1-3H3. The molecule has 0 unspecified atom stereocenters. The molecule has 0 aliphatic carbocycles. The van der Waals surface area contributed by atoms with Crippen molar-refractivity contribution in [3.63, 3.8) is 0 Å². The first-order valence-electron chi connectivity index (χ1n) is 6.39. The van der Waals surface area contributed by atoms with Gasteiger partial charge in [0.15, 0.2) is 0 Å². The van der Waals surface area contributed by atoms with Crippen LogP contribution in [0.1, 0.15) is 34.8 Å². The second-order valence-corrected chi connectivity index (χ2v) is 5.46. The summed E-state index contributed by atoms with van der Waals surface area (Å²) >= 11 is 1.71. The number of carbonyl (C=O) groups is 1. The number of carbonyl (C=O) groups excluding carboxylic acids is 1. The van der Waals surface area contributed by atoms with Gasteiger partial charge >= 0.3 is 5.97 Å². The fourth-order valence-electron chi connectivity index (χ4n) is 1.87. The van der Waals surface area contributed by atoms with Crippen molar-refractivity contribution in [2.75, 3.05) is 6.61 Å². The summed E-state index contributed by atoms with van der Waals surface area (Å²) in [5.41, 5.74) is 2.28. The first-order chi connectivity index (χ1) is 9.15. The largest absolute Gasteiger partial charge is 0.462 e. The van der Waals surface area contributed by atoms with E-state index in [2.05, 4.69) is 24.0 Å². The number of aryl methyl sites for hydroxylation is 2. The van der Waals surface area contributed by atoms with Gasteiger partial charge < -0.3 is 4.74 Å². The average Bonchev–Trinajstić information content (AvgIpc) is 2.85. The van der Waals surface area contributed by atoms with Crippen molar-refractivity contribution in [2.24, 2.45) is 0 Å². The van der Waals surface area contributed by atoms with Gasteiger partial charge in [-0.25, -0.2) is 4.79 Å². The van der Waals surface area contributed by atoms with Gasteiger partial charge in [0, 0.05) is 4.88 Å². The van der Waals surface area contributed by atoms with Crippen molar-refractivity contribution in [2.45, 2.75) is 27.2 Å². The normalized spacial score (nSPS) is 10.5. The first kappa shape index (κ1) is 13.7. The molecule has 4 heteroatoms. The van der Waals surface area contributed by atoms with E-state index in [1.54, 1.807) is 18.3 Å². The zero-order valence-corrected chi connectivity index (χ0v) is 12.2. The van der Waals surface area contributed by atoms with E-state index < -0.39 is 0 Å². The fourth-order valence-corrected chi connectivity index (χ4v) is 2.71. The summed E-state index contributed by atoms with van der Waals surface area (Å²) in [6, 6.07) is 7.84. The molecule has 0 bridgehead atoms. The van der Waals surface area contributed by atoms with E-state index >= 15 is 0 Å². The number of thiophene rings is 1. The molecule has 0 radical (unpaired) electrons. The molecule has 0 aromatic carbocycles. The van der Waals surface area contributed by atoms with E-state index in [1.165, 1.54) is 4.88 Å². The van der Waals surface area contributed by atoms with E-state index in [9.17, 15) is 4.79 Å². The highest BCUT2D eigenvalue weighted by Crippen LogP contribution is 2.27. The molecule has 0 atom stereocenters. The average molecular weight is 275 g/mol. The van der Waals surface area contributed by atoms with E-state index in [0.29, 0.717) is 18.6 Å². The third-order valence-corrected chi connectivity index (χ3v) is 3.82. The molecular formula is C15H17NO2S. The molecule has 0 saturated heterocycles. The van der Waals surface area contributed by atoms with E-state index in [0.717, 1.165) is 16.3 Å². The van der Waals surface area contributed by atoms with Gasteiger partial charge in [0.05, 0.1) is 28.4 Å². The number of nitrogens with zero attached hydrogens (tertiary/aromatic N) is 1. The predicted molar refractivity (Wildman–Crippen MR) is 77.6 cm³/mol. The molecule has 2 aromatic heterocycles. The number of hydrogen-bond acceptors (Lipinski definition) is 4. The summed E-state index contributed by atoms with van der Waals surface area (Å²) in [7, 11) is 0. The number of hydrogen-bond donors (Lipinski definition) is 0. The summed E-state index contributed by atoms with van der Waals surface area (Å²) in [5, 5.41) is 0. The SMILES string of the molecule is CCOC(=O)c1ccc(-c2ccc(C)s2)nc1CC. The lowest BCUT2D eigenvalue weighted by Gasteiger charge is -2.08. The number of rotatable bonds is 4. The molecule has 2 aromatic rings. The molecule has 0 aliphatic heterocycles. The van der Waals surface area contributed by atoms with Crippen LogP contribution in [-0.2, 0) is 11.2 Å². The van der Waals surface area contributed by atoms with Gasteiger partial charge in [-0.3, -0.25) is 4.98 Å². The second kappa shape index (κ2) is 5.97. The van der Waals surface area contributed by atoms with Gasteiger partial charge in [-0.2, -0.15) is 0 Å². The molecule has 0 saturated carbocycles. The predicted octanol–water partition coefficient (Wildman–Crippen LogP) is 3.86. The Kier molecular flexibility index (Phi) is 4.32. The third kappa shape index (κ3) is 3.01. The van der Waals surface area contributed by atoms with Gasteiger partial charge in [0.2, 0.25) is 0 Å². The lowest BCUT2D eigenvalue weighted by molar-refractivity contribution is 0.0524. The Balaban J connectivity index is 2.38. The highest BCUT2D eigenvalue weighted by atomic mass is 32.1. The summed E-state index contributed by atoms with van der Waals surface area (Å²) in [6.45, 7) is 6.25. The molecule has 0 spiro atoms. The van der Waals surface area contributed by atoms with Crippen molar-refractivity contribution in [3.8, 4) is 10.6 Å². The monoisotopic (exact) mass is 275 g/mol. The number of aromatic nitrogens is 1. The van der Waals surface area contributed by atoms with Crippen molar-refractivity contribution in [1.82, 2.24) is 4.98 Å². The topological polar surface area (TPSA) is 39.2 Å². The molecule has 0 amide bonds.